The Hall–Kier alpha value is -1.09. The number of nitrogens with one attached hydrogen (secondary N) is 1. The molecule has 0 saturated heterocycles. The molecular formula is C17H18Cl2FN. The summed E-state index contributed by atoms with van der Waals surface area (Å²) in [4.78, 5) is 0. The highest BCUT2D eigenvalue weighted by Crippen LogP contribution is 2.30. The molecule has 0 aliphatic carbocycles. The molecule has 0 aromatic heterocycles. The first-order valence-corrected chi connectivity index (χ1v) is 7.73. The van der Waals surface area contributed by atoms with Crippen molar-refractivity contribution >= 4 is 23.2 Å². The molecule has 0 radical (unpaired) electrons. The first-order chi connectivity index (χ1) is 10.0. The van der Waals surface area contributed by atoms with Crippen LogP contribution in [-0.2, 0) is 0 Å². The van der Waals surface area contributed by atoms with Crippen molar-refractivity contribution in [1.29, 1.82) is 0 Å². The predicted molar refractivity (Wildman–Crippen MR) is 87.7 cm³/mol. The van der Waals surface area contributed by atoms with Gasteiger partial charge in [0, 0.05) is 15.6 Å². The van der Waals surface area contributed by atoms with Crippen LogP contribution in [0.25, 0.3) is 0 Å². The first kappa shape index (κ1) is 16.3. The minimum Gasteiger partial charge on any atom is -0.306 e. The summed E-state index contributed by atoms with van der Waals surface area (Å²) in [5.74, 6) is -0.310. The van der Waals surface area contributed by atoms with Crippen molar-refractivity contribution in [3.63, 3.8) is 0 Å². The molecule has 0 heterocycles. The van der Waals surface area contributed by atoms with Crippen LogP contribution in [0.2, 0.25) is 10.0 Å². The molecule has 112 valence electrons. The molecule has 1 nitrogen and oxygen atoms in total. The van der Waals surface area contributed by atoms with Gasteiger partial charge >= 0.3 is 0 Å². The zero-order chi connectivity index (χ0) is 15.4. The topological polar surface area (TPSA) is 12.0 Å². The minimum absolute atomic E-state index is 0.235. The molecule has 1 atom stereocenters. The lowest BCUT2D eigenvalue weighted by Gasteiger charge is -2.22. The van der Waals surface area contributed by atoms with Crippen molar-refractivity contribution < 1.29 is 4.39 Å². The van der Waals surface area contributed by atoms with Crippen molar-refractivity contribution in [3.8, 4) is 0 Å². The van der Waals surface area contributed by atoms with Gasteiger partial charge < -0.3 is 5.32 Å². The van der Waals surface area contributed by atoms with E-state index in [0.717, 1.165) is 24.1 Å². The summed E-state index contributed by atoms with van der Waals surface area (Å²) in [7, 11) is 0. The number of benzene rings is 2. The van der Waals surface area contributed by atoms with Gasteiger partial charge in [0.05, 0.1) is 6.04 Å². The Morgan fingerprint density at radius 2 is 1.71 bits per heavy atom. The Morgan fingerprint density at radius 3 is 2.38 bits per heavy atom. The molecule has 0 fully saturated rings. The quantitative estimate of drug-likeness (QED) is 0.762. The van der Waals surface area contributed by atoms with Crippen LogP contribution in [0.1, 0.15) is 36.1 Å². The smallest absolute Gasteiger partial charge is 0.129 e. The van der Waals surface area contributed by atoms with Crippen LogP contribution in [-0.4, -0.2) is 6.54 Å². The Bertz CT molecular complexity index is 628. The summed E-state index contributed by atoms with van der Waals surface area (Å²) >= 11 is 12.0. The molecule has 1 unspecified atom stereocenters. The third-order valence-corrected chi connectivity index (χ3v) is 3.89. The van der Waals surface area contributed by atoms with E-state index in [-0.39, 0.29) is 11.9 Å². The fourth-order valence-corrected chi connectivity index (χ4v) is 2.67. The van der Waals surface area contributed by atoms with Gasteiger partial charge in [0.1, 0.15) is 5.82 Å². The van der Waals surface area contributed by atoms with E-state index >= 15 is 0 Å². The summed E-state index contributed by atoms with van der Waals surface area (Å²) in [5.41, 5.74) is 2.64. The number of hydrogen-bond acceptors (Lipinski definition) is 1. The lowest BCUT2D eigenvalue weighted by Crippen LogP contribution is -2.24. The molecule has 4 heteroatoms. The van der Waals surface area contributed by atoms with E-state index in [0.29, 0.717) is 15.6 Å². The predicted octanol–water partition coefficient (Wildman–Crippen LogP) is 5.53. The molecule has 0 saturated carbocycles. The molecular weight excluding hydrogens is 308 g/mol. The average Bonchev–Trinajstić information content (AvgIpc) is 2.44. The fraction of sp³-hybridized carbons (Fsp3) is 0.294. The summed E-state index contributed by atoms with van der Waals surface area (Å²) in [6, 6.07) is 10.2. The lowest BCUT2D eigenvalue weighted by molar-refractivity contribution is 0.545. The van der Waals surface area contributed by atoms with Crippen molar-refractivity contribution in [2.75, 3.05) is 6.54 Å². The largest absolute Gasteiger partial charge is 0.306 e. The Labute approximate surface area is 135 Å². The molecule has 2 aromatic rings. The molecule has 1 N–H and O–H groups in total. The van der Waals surface area contributed by atoms with E-state index < -0.39 is 0 Å². The van der Waals surface area contributed by atoms with Gasteiger partial charge in [-0.2, -0.15) is 0 Å². The fourth-order valence-electron chi connectivity index (χ4n) is 2.33. The van der Waals surface area contributed by atoms with Crippen molar-refractivity contribution in [1.82, 2.24) is 5.32 Å². The van der Waals surface area contributed by atoms with E-state index in [1.165, 1.54) is 6.07 Å². The molecule has 0 amide bonds. The van der Waals surface area contributed by atoms with E-state index in [2.05, 4.69) is 12.2 Å². The van der Waals surface area contributed by atoms with Gasteiger partial charge in [-0.1, -0.05) is 42.3 Å². The maximum atomic E-state index is 14.3. The second-order valence-corrected chi connectivity index (χ2v) is 5.93. The molecule has 0 bridgehead atoms. The SMILES string of the molecule is CCCNC(c1cc(Cl)ccc1C)c1ccc(Cl)cc1F. The first-order valence-electron chi connectivity index (χ1n) is 6.97. The van der Waals surface area contributed by atoms with Crippen LogP contribution in [0.3, 0.4) is 0 Å². The Balaban J connectivity index is 2.49. The molecule has 0 aliphatic heterocycles. The van der Waals surface area contributed by atoms with Crippen LogP contribution in [0.5, 0.6) is 0 Å². The van der Waals surface area contributed by atoms with Gasteiger partial charge in [0.15, 0.2) is 0 Å². The van der Waals surface area contributed by atoms with Crippen LogP contribution in [0.4, 0.5) is 4.39 Å². The Morgan fingerprint density at radius 1 is 1.05 bits per heavy atom. The van der Waals surface area contributed by atoms with Crippen LogP contribution < -0.4 is 5.32 Å². The third kappa shape index (κ3) is 3.97. The van der Waals surface area contributed by atoms with Gasteiger partial charge in [-0.05, 0) is 55.3 Å². The van der Waals surface area contributed by atoms with E-state index in [9.17, 15) is 4.39 Å². The van der Waals surface area contributed by atoms with Crippen molar-refractivity contribution in [2.45, 2.75) is 26.3 Å². The molecule has 2 aromatic carbocycles. The second kappa shape index (κ2) is 7.26. The van der Waals surface area contributed by atoms with Gasteiger partial charge in [-0.3, -0.25) is 0 Å². The Kier molecular flexibility index (Phi) is 5.63. The zero-order valence-corrected chi connectivity index (χ0v) is 13.6. The molecule has 2 rings (SSSR count). The summed E-state index contributed by atoms with van der Waals surface area (Å²) in [5, 5.41) is 4.43. The van der Waals surface area contributed by atoms with E-state index in [1.807, 2.05) is 25.1 Å². The highest BCUT2D eigenvalue weighted by molar-refractivity contribution is 6.30. The number of halogens is 3. The van der Waals surface area contributed by atoms with Gasteiger partial charge in [0.25, 0.3) is 0 Å². The lowest BCUT2D eigenvalue weighted by atomic mass is 9.94. The van der Waals surface area contributed by atoms with Crippen molar-refractivity contribution in [3.05, 3.63) is 69.0 Å². The van der Waals surface area contributed by atoms with Crippen LogP contribution in [0, 0.1) is 12.7 Å². The second-order valence-electron chi connectivity index (χ2n) is 5.05. The van der Waals surface area contributed by atoms with E-state index in [1.54, 1.807) is 12.1 Å². The standard InChI is InChI=1S/C17H18Cl2FN/c1-3-8-21-17(14-7-6-13(19)10-16(14)20)15-9-12(18)5-4-11(15)2/h4-7,9-10,17,21H,3,8H2,1-2H3. The summed E-state index contributed by atoms with van der Waals surface area (Å²) < 4.78 is 14.3. The third-order valence-electron chi connectivity index (χ3n) is 3.42. The van der Waals surface area contributed by atoms with Crippen LogP contribution >= 0.6 is 23.2 Å². The molecule has 21 heavy (non-hydrogen) atoms. The molecule has 0 aliphatic rings. The summed E-state index contributed by atoms with van der Waals surface area (Å²) in [6.45, 7) is 4.87. The average molecular weight is 326 g/mol. The minimum atomic E-state index is -0.310. The van der Waals surface area contributed by atoms with Crippen molar-refractivity contribution in [2.24, 2.45) is 0 Å². The highest BCUT2D eigenvalue weighted by Gasteiger charge is 2.19. The number of rotatable bonds is 5. The zero-order valence-electron chi connectivity index (χ0n) is 12.1. The molecule has 0 spiro atoms. The number of hydrogen-bond donors (Lipinski definition) is 1. The van der Waals surface area contributed by atoms with Crippen LogP contribution in [0.15, 0.2) is 36.4 Å². The normalized spacial score (nSPS) is 12.4. The van der Waals surface area contributed by atoms with E-state index in [4.69, 9.17) is 23.2 Å². The number of aryl methyl sites for hydroxylation is 1. The maximum absolute atomic E-state index is 14.3. The van der Waals surface area contributed by atoms with Gasteiger partial charge in [-0.25, -0.2) is 4.39 Å². The monoisotopic (exact) mass is 325 g/mol. The maximum Gasteiger partial charge on any atom is 0.129 e. The van der Waals surface area contributed by atoms with Gasteiger partial charge in [0.2, 0.25) is 0 Å². The van der Waals surface area contributed by atoms with Gasteiger partial charge in [-0.15, -0.1) is 0 Å². The summed E-state index contributed by atoms with van der Waals surface area (Å²) in [6.07, 6.45) is 0.964. The highest BCUT2D eigenvalue weighted by atomic mass is 35.5.